The molecule has 0 saturated carbocycles. The first kappa shape index (κ1) is 17.2. The van der Waals surface area contributed by atoms with Gasteiger partial charge in [0.25, 0.3) is 0 Å². The van der Waals surface area contributed by atoms with E-state index in [0.29, 0.717) is 13.0 Å². The van der Waals surface area contributed by atoms with E-state index < -0.39 is 0 Å². The predicted octanol–water partition coefficient (Wildman–Crippen LogP) is 3.62. The first-order chi connectivity index (χ1) is 9.34. The van der Waals surface area contributed by atoms with E-state index in [-0.39, 0.29) is 17.2 Å². The number of ether oxygens (including phenoxy) is 1. The Kier molecular flexibility index (Phi) is 6.75. The number of hydrogen-bond donors (Lipinski definition) is 2. The van der Waals surface area contributed by atoms with Crippen LogP contribution in [0.25, 0.3) is 0 Å². The van der Waals surface area contributed by atoms with Gasteiger partial charge in [-0.2, -0.15) is 0 Å². The van der Waals surface area contributed by atoms with Gasteiger partial charge in [0.2, 0.25) is 5.91 Å². The van der Waals surface area contributed by atoms with Gasteiger partial charge in [-0.05, 0) is 65.1 Å². The molecule has 0 radical (unpaired) electrons. The molecule has 1 rings (SSSR count). The summed E-state index contributed by atoms with van der Waals surface area (Å²) in [6.45, 7) is 6.54. The van der Waals surface area contributed by atoms with Gasteiger partial charge >= 0.3 is 0 Å². The van der Waals surface area contributed by atoms with Gasteiger partial charge in [0.1, 0.15) is 5.75 Å². The van der Waals surface area contributed by atoms with Crippen LogP contribution in [0.5, 0.6) is 5.75 Å². The van der Waals surface area contributed by atoms with Gasteiger partial charge < -0.3 is 4.74 Å². The molecular formula is C15H22INO3. The molecule has 1 atom stereocenters. The zero-order chi connectivity index (χ0) is 15.2. The number of carbonyl (C=O) groups excluding carboxylic acids is 1. The lowest BCUT2D eigenvalue weighted by atomic mass is 9.77. The first-order valence-corrected chi connectivity index (χ1v) is 7.75. The smallest absolute Gasteiger partial charge is 0.246 e. The molecule has 4 nitrogen and oxygen atoms in total. The maximum atomic E-state index is 11.7. The van der Waals surface area contributed by atoms with Crippen LogP contribution in [-0.2, 0) is 4.79 Å². The third-order valence-corrected chi connectivity index (χ3v) is 3.91. The topological polar surface area (TPSA) is 58.6 Å². The lowest BCUT2D eigenvalue weighted by Crippen LogP contribution is -2.36. The number of nitrogens with one attached hydrogen (secondary N) is 1. The maximum Gasteiger partial charge on any atom is 0.246 e. The van der Waals surface area contributed by atoms with Gasteiger partial charge in [0, 0.05) is 9.49 Å². The standard InChI is InChI=1S/C15H22INO3/c1-15(2,3)13(14(18)17-19)5-4-10-20-12-8-6-11(16)7-9-12/h6-9,13,19H,4-5,10H2,1-3H3,(H,17,18). The van der Waals surface area contributed by atoms with Gasteiger partial charge in [0.05, 0.1) is 6.61 Å². The van der Waals surface area contributed by atoms with Crippen molar-refractivity contribution in [1.29, 1.82) is 0 Å². The highest BCUT2D eigenvalue weighted by Gasteiger charge is 2.30. The minimum absolute atomic E-state index is 0.185. The van der Waals surface area contributed by atoms with E-state index in [1.807, 2.05) is 45.0 Å². The summed E-state index contributed by atoms with van der Waals surface area (Å²) in [5, 5.41) is 8.80. The molecule has 0 aliphatic carbocycles. The summed E-state index contributed by atoms with van der Waals surface area (Å²) in [5.74, 6) is 0.281. The molecule has 5 heteroatoms. The van der Waals surface area contributed by atoms with Crippen LogP contribution in [-0.4, -0.2) is 17.7 Å². The fourth-order valence-corrected chi connectivity index (χ4v) is 2.40. The van der Waals surface area contributed by atoms with Crippen molar-refractivity contribution in [3.05, 3.63) is 27.8 Å². The van der Waals surface area contributed by atoms with Crippen molar-refractivity contribution in [3.63, 3.8) is 0 Å². The average Bonchev–Trinajstić information content (AvgIpc) is 2.38. The largest absolute Gasteiger partial charge is 0.494 e. The molecule has 112 valence electrons. The van der Waals surface area contributed by atoms with Crippen LogP contribution in [0.15, 0.2) is 24.3 Å². The summed E-state index contributed by atoms with van der Waals surface area (Å²) in [6, 6.07) is 7.85. The predicted molar refractivity (Wildman–Crippen MR) is 86.8 cm³/mol. The summed E-state index contributed by atoms with van der Waals surface area (Å²) in [4.78, 5) is 11.7. The van der Waals surface area contributed by atoms with Crippen LogP contribution in [0.2, 0.25) is 0 Å². The Hall–Kier alpha value is -0.820. The third-order valence-electron chi connectivity index (χ3n) is 3.19. The van der Waals surface area contributed by atoms with Gasteiger partial charge in [0.15, 0.2) is 0 Å². The minimum atomic E-state index is -0.327. The molecule has 0 fully saturated rings. The number of halogens is 1. The average molecular weight is 391 g/mol. The van der Waals surface area contributed by atoms with Crippen LogP contribution < -0.4 is 10.2 Å². The Morgan fingerprint density at radius 1 is 1.35 bits per heavy atom. The van der Waals surface area contributed by atoms with E-state index in [9.17, 15) is 4.79 Å². The Morgan fingerprint density at radius 3 is 2.45 bits per heavy atom. The molecule has 2 N–H and O–H groups in total. The zero-order valence-electron chi connectivity index (χ0n) is 12.1. The molecule has 0 aliphatic heterocycles. The number of carbonyl (C=O) groups is 1. The number of hydroxylamine groups is 1. The fraction of sp³-hybridized carbons (Fsp3) is 0.533. The second kappa shape index (κ2) is 7.83. The summed E-state index contributed by atoms with van der Waals surface area (Å²) in [7, 11) is 0. The molecule has 1 aromatic carbocycles. The quantitative estimate of drug-likeness (QED) is 0.337. The first-order valence-electron chi connectivity index (χ1n) is 6.67. The Labute approximate surface area is 134 Å². The molecule has 1 amide bonds. The van der Waals surface area contributed by atoms with Crippen LogP contribution in [0.1, 0.15) is 33.6 Å². The SMILES string of the molecule is CC(C)(C)C(CCCOc1ccc(I)cc1)C(=O)NO. The normalized spacial score (nSPS) is 12.8. The molecule has 0 heterocycles. The van der Waals surface area contributed by atoms with Crippen LogP contribution in [0.4, 0.5) is 0 Å². The molecule has 0 bridgehead atoms. The Morgan fingerprint density at radius 2 is 1.95 bits per heavy atom. The molecular weight excluding hydrogens is 369 g/mol. The van der Waals surface area contributed by atoms with E-state index >= 15 is 0 Å². The molecule has 1 aromatic rings. The monoisotopic (exact) mass is 391 g/mol. The van der Waals surface area contributed by atoms with Gasteiger partial charge in [-0.25, -0.2) is 5.48 Å². The number of hydrogen-bond acceptors (Lipinski definition) is 3. The van der Waals surface area contributed by atoms with E-state index in [1.165, 1.54) is 3.57 Å². The van der Waals surface area contributed by atoms with Crippen molar-refractivity contribution in [3.8, 4) is 5.75 Å². The zero-order valence-corrected chi connectivity index (χ0v) is 14.3. The van der Waals surface area contributed by atoms with E-state index in [2.05, 4.69) is 22.6 Å². The summed E-state index contributed by atoms with van der Waals surface area (Å²) in [6.07, 6.45) is 1.45. The van der Waals surface area contributed by atoms with E-state index in [0.717, 1.165) is 12.2 Å². The highest BCUT2D eigenvalue weighted by Crippen LogP contribution is 2.30. The maximum absolute atomic E-state index is 11.7. The summed E-state index contributed by atoms with van der Waals surface area (Å²) in [5.41, 5.74) is 1.57. The van der Waals surface area contributed by atoms with Crippen LogP contribution in [0, 0.1) is 14.9 Å². The van der Waals surface area contributed by atoms with Gasteiger partial charge in [-0.1, -0.05) is 20.8 Å². The van der Waals surface area contributed by atoms with Gasteiger partial charge in [-0.15, -0.1) is 0 Å². The minimum Gasteiger partial charge on any atom is -0.494 e. The van der Waals surface area contributed by atoms with Crippen molar-refractivity contribution < 1.29 is 14.7 Å². The molecule has 1 unspecified atom stereocenters. The Bertz CT molecular complexity index is 426. The molecule has 20 heavy (non-hydrogen) atoms. The van der Waals surface area contributed by atoms with E-state index in [4.69, 9.17) is 9.94 Å². The van der Waals surface area contributed by atoms with Crippen LogP contribution in [0.3, 0.4) is 0 Å². The van der Waals surface area contributed by atoms with Crippen molar-refractivity contribution in [2.45, 2.75) is 33.6 Å². The van der Waals surface area contributed by atoms with Gasteiger partial charge in [-0.3, -0.25) is 10.0 Å². The Balaban J connectivity index is 2.41. The lowest BCUT2D eigenvalue weighted by molar-refractivity contribution is -0.137. The lowest BCUT2D eigenvalue weighted by Gasteiger charge is -2.28. The highest BCUT2D eigenvalue weighted by atomic mass is 127. The highest BCUT2D eigenvalue weighted by molar-refractivity contribution is 14.1. The van der Waals surface area contributed by atoms with Crippen molar-refractivity contribution in [1.82, 2.24) is 5.48 Å². The fourth-order valence-electron chi connectivity index (χ4n) is 2.04. The van der Waals surface area contributed by atoms with Crippen LogP contribution >= 0.6 is 22.6 Å². The van der Waals surface area contributed by atoms with Crippen molar-refractivity contribution in [2.24, 2.45) is 11.3 Å². The molecule has 0 spiro atoms. The number of amides is 1. The molecule has 0 aliphatic rings. The van der Waals surface area contributed by atoms with E-state index in [1.54, 1.807) is 5.48 Å². The number of benzene rings is 1. The number of rotatable bonds is 6. The third kappa shape index (κ3) is 5.66. The van der Waals surface area contributed by atoms with Crippen molar-refractivity contribution in [2.75, 3.05) is 6.61 Å². The summed E-state index contributed by atoms with van der Waals surface area (Å²) >= 11 is 2.25. The second-order valence-corrected chi connectivity index (χ2v) is 7.08. The molecule has 0 aromatic heterocycles. The summed E-state index contributed by atoms with van der Waals surface area (Å²) < 4.78 is 6.81. The second-order valence-electron chi connectivity index (χ2n) is 5.84. The van der Waals surface area contributed by atoms with Crippen molar-refractivity contribution >= 4 is 28.5 Å². The molecule has 0 saturated heterocycles.